The Bertz CT molecular complexity index is 599. The summed E-state index contributed by atoms with van der Waals surface area (Å²) in [6.45, 7) is 4.12. The van der Waals surface area contributed by atoms with Gasteiger partial charge in [-0.1, -0.05) is 17.7 Å². The van der Waals surface area contributed by atoms with E-state index < -0.39 is 0 Å². The van der Waals surface area contributed by atoms with Crippen molar-refractivity contribution >= 4 is 11.6 Å². The van der Waals surface area contributed by atoms with Crippen molar-refractivity contribution in [3.8, 4) is 5.75 Å². The standard InChI is InChI=1S/C14H20ClN5O/c1-9(2)20-14(17-8-18-20)7-12(19-16)11-5-4-10(15)6-13(11)21-3/h4-6,8-9,12,19H,7,16H2,1-3H3. The van der Waals surface area contributed by atoms with Gasteiger partial charge in [-0.05, 0) is 26.0 Å². The van der Waals surface area contributed by atoms with Crippen molar-refractivity contribution in [2.45, 2.75) is 32.4 Å². The lowest BCUT2D eigenvalue weighted by molar-refractivity contribution is 0.395. The molecule has 0 aliphatic carbocycles. The Morgan fingerprint density at radius 1 is 1.43 bits per heavy atom. The lowest BCUT2D eigenvalue weighted by Gasteiger charge is -2.20. The number of hydrazine groups is 1. The number of nitrogens with two attached hydrogens (primary N) is 1. The van der Waals surface area contributed by atoms with Gasteiger partial charge in [0.1, 0.15) is 17.9 Å². The van der Waals surface area contributed by atoms with Crippen LogP contribution in [0, 0.1) is 0 Å². The van der Waals surface area contributed by atoms with Gasteiger partial charge in [-0.15, -0.1) is 0 Å². The van der Waals surface area contributed by atoms with Crippen molar-refractivity contribution < 1.29 is 4.74 Å². The van der Waals surface area contributed by atoms with Crippen LogP contribution >= 0.6 is 11.6 Å². The van der Waals surface area contributed by atoms with Crippen molar-refractivity contribution in [1.29, 1.82) is 0 Å². The highest BCUT2D eigenvalue weighted by atomic mass is 35.5. The summed E-state index contributed by atoms with van der Waals surface area (Å²) >= 11 is 5.99. The van der Waals surface area contributed by atoms with Crippen LogP contribution in [0.3, 0.4) is 0 Å². The van der Waals surface area contributed by atoms with Crippen LogP contribution in [0.15, 0.2) is 24.5 Å². The van der Waals surface area contributed by atoms with Gasteiger partial charge >= 0.3 is 0 Å². The molecule has 0 spiro atoms. The molecule has 0 aliphatic heterocycles. The summed E-state index contributed by atoms with van der Waals surface area (Å²) in [5.74, 6) is 7.27. The lowest BCUT2D eigenvalue weighted by atomic mass is 10.0. The summed E-state index contributed by atoms with van der Waals surface area (Å²) < 4.78 is 7.26. The molecule has 0 amide bonds. The fraction of sp³-hybridized carbons (Fsp3) is 0.429. The first-order chi connectivity index (χ1) is 10.1. The van der Waals surface area contributed by atoms with E-state index in [4.69, 9.17) is 22.2 Å². The normalized spacial score (nSPS) is 12.7. The second-order valence-corrected chi connectivity index (χ2v) is 5.46. The summed E-state index contributed by atoms with van der Waals surface area (Å²) in [5.41, 5.74) is 3.75. The van der Waals surface area contributed by atoms with Crippen LogP contribution in [0.4, 0.5) is 0 Å². The number of nitrogens with one attached hydrogen (secondary N) is 1. The second-order valence-electron chi connectivity index (χ2n) is 5.02. The number of aromatic nitrogens is 3. The molecule has 0 saturated heterocycles. The highest BCUT2D eigenvalue weighted by molar-refractivity contribution is 6.30. The number of methoxy groups -OCH3 is 1. The molecule has 2 rings (SSSR count). The Morgan fingerprint density at radius 2 is 2.19 bits per heavy atom. The van der Waals surface area contributed by atoms with Crippen LogP contribution in [-0.4, -0.2) is 21.9 Å². The van der Waals surface area contributed by atoms with Crippen LogP contribution in [0.1, 0.15) is 37.3 Å². The summed E-state index contributed by atoms with van der Waals surface area (Å²) in [7, 11) is 1.61. The largest absolute Gasteiger partial charge is 0.496 e. The maximum Gasteiger partial charge on any atom is 0.138 e. The maximum atomic E-state index is 5.99. The minimum absolute atomic E-state index is 0.140. The van der Waals surface area contributed by atoms with Gasteiger partial charge in [0, 0.05) is 23.0 Å². The molecule has 1 unspecified atom stereocenters. The fourth-order valence-corrected chi connectivity index (χ4v) is 2.43. The van der Waals surface area contributed by atoms with Gasteiger partial charge < -0.3 is 4.74 Å². The third-order valence-corrected chi connectivity index (χ3v) is 3.53. The molecule has 7 heteroatoms. The van der Waals surface area contributed by atoms with E-state index in [9.17, 15) is 0 Å². The van der Waals surface area contributed by atoms with E-state index in [-0.39, 0.29) is 12.1 Å². The fourth-order valence-electron chi connectivity index (χ4n) is 2.27. The molecule has 6 nitrogen and oxygen atoms in total. The monoisotopic (exact) mass is 309 g/mol. The Morgan fingerprint density at radius 3 is 2.81 bits per heavy atom. The van der Waals surface area contributed by atoms with Crippen molar-refractivity contribution in [2.24, 2.45) is 5.84 Å². The quantitative estimate of drug-likeness (QED) is 0.632. The van der Waals surface area contributed by atoms with Gasteiger partial charge in [-0.25, -0.2) is 9.67 Å². The van der Waals surface area contributed by atoms with E-state index in [1.807, 2.05) is 16.8 Å². The van der Waals surface area contributed by atoms with Crippen LogP contribution in [0.2, 0.25) is 5.02 Å². The summed E-state index contributed by atoms with van der Waals surface area (Å²) in [5, 5.41) is 4.86. The van der Waals surface area contributed by atoms with E-state index in [1.54, 1.807) is 19.5 Å². The first-order valence-electron chi connectivity index (χ1n) is 6.74. The first kappa shape index (κ1) is 15.8. The molecule has 0 bridgehead atoms. The molecule has 0 radical (unpaired) electrons. The van der Waals surface area contributed by atoms with Gasteiger partial charge in [0.15, 0.2) is 0 Å². The number of hydrogen-bond donors (Lipinski definition) is 2. The lowest BCUT2D eigenvalue weighted by Crippen LogP contribution is -2.31. The number of halogens is 1. The number of benzene rings is 1. The van der Waals surface area contributed by atoms with Gasteiger partial charge in [-0.2, -0.15) is 5.10 Å². The summed E-state index contributed by atoms with van der Waals surface area (Å²) in [4.78, 5) is 4.31. The predicted octanol–water partition coefficient (Wildman–Crippen LogP) is 2.27. The molecule has 1 aromatic carbocycles. The van der Waals surface area contributed by atoms with E-state index in [1.165, 1.54) is 0 Å². The minimum atomic E-state index is -0.140. The average molecular weight is 310 g/mol. The second kappa shape index (κ2) is 6.89. The maximum absolute atomic E-state index is 5.99. The molecule has 1 heterocycles. The Hall–Kier alpha value is -1.63. The van der Waals surface area contributed by atoms with E-state index in [0.717, 1.165) is 11.4 Å². The van der Waals surface area contributed by atoms with Crippen molar-refractivity contribution in [1.82, 2.24) is 20.2 Å². The molecular weight excluding hydrogens is 290 g/mol. The van der Waals surface area contributed by atoms with Crippen LogP contribution in [0.5, 0.6) is 5.75 Å². The van der Waals surface area contributed by atoms with Gasteiger partial charge in [-0.3, -0.25) is 11.3 Å². The van der Waals surface area contributed by atoms with Crippen molar-refractivity contribution in [2.75, 3.05) is 7.11 Å². The molecule has 3 N–H and O–H groups in total. The van der Waals surface area contributed by atoms with Gasteiger partial charge in [0.2, 0.25) is 0 Å². The van der Waals surface area contributed by atoms with Crippen LogP contribution in [0.25, 0.3) is 0 Å². The molecular formula is C14H20ClN5O. The first-order valence-corrected chi connectivity index (χ1v) is 7.12. The molecule has 0 aliphatic rings. The van der Waals surface area contributed by atoms with Crippen LogP contribution in [-0.2, 0) is 6.42 Å². The average Bonchev–Trinajstić information content (AvgIpc) is 2.93. The molecule has 2 aromatic rings. The highest BCUT2D eigenvalue weighted by Crippen LogP contribution is 2.29. The molecule has 1 atom stereocenters. The van der Waals surface area contributed by atoms with Crippen molar-refractivity contribution in [3.05, 3.63) is 40.9 Å². The number of rotatable bonds is 6. The van der Waals surface area contributed by atoms with E-state index in [2.05, 4.69) is 29.4 Å². The third kappa shape index (κ3) is 3.53. The molecule has 114 valence electrons. The van der Waals surface area contributed by atoms with E-state index >= 15 is 0 Å². The SMILES string of the molecule is COc1cc(Cl)ccc1C(Cc1ncnn1C(C)C)NN. The number of ether oxygens (including phenoxy) is 1. The zero-order valence-electron chi connectivity index (χ0n) is 12.4. The molecule has 0 saturated carbocycles. The Kier molecular flexibility index (Phi) is 5.17. The summed E-state index contributed by atoms with van der Waals surface area (Å²) in [6, 6.07) is 5.60. The summed E-state index contributed by atoms with van der Waals surface area (Å²) in [6.07, 6.45) is 2.16. The predicted molar refractivity (Wildman–Crippen MR) is 82.2 cm³/mol. The Balaban J connectivity index is 2.30. The van der Waals surface area contributed by atoms with Gasteiger partial charge in [0.05, 0.1) is 13.2 Å². The van der Waals surface area contributed by atoms with Gasteiger partial charge in [0.25, 0.3) is 0 Å². The highest BCUT2D eigenvalue weighted by Gasteiger charge is 2.19. The molecule has 21 heavy (non-hydrogen) atoms. The van der Waals surface area contributed by atoms with Crippen LogP contribution < -0.4 is 16.0 Å². The molecule has 0 fully saturated rings. The smallest absolute Gasteiger partial charge is 0.138 e. The van der Waals surface area contributed by atoms with Crippen molar-refractivity contribution in [3.63, 3.8) is 0 Å². The molecule has 1 aromatic heterocycles. The number of nitrogens with zero attached hydrogens (tertiary/aromatic N) is 3. The minimum Gasteiger partial charge on any atom is -0.496 e. The Labute approximate surface area is 129 Å². The van der Waals surface area contributed by atoms with E-state index in [0.29, 0.717) is 17.2 Å². The zero-order valence-corrected chi connectivity index (χ0v) is 13.1. The third-order valence-electron chi connectivity index (χ3n) is 3.30. The topological polar surface area (TPSA) is 78.0 Å². The number of hydrogen-bond acceptors (Lipinski definition) is 5. The zero-order chi connectivity index (χ0) is 15.4.